The van der Waals surface area contributed by atoms with Crippen molar-refractivity contribution in [2.24, 2.45) is 0 Å². The topological polar surface area (TPSA) is 20.3 Å². The van der Waals surface area contributed by atoms with Crippen LogP contribution in [0.1, 0.15) is 27.0 Å². The molecule has 1 aromatic heterocycles. The number of carbonyl (C=O) groups excluding carboxylic acids is 1. The van der Waals surface area contributed by atoms with E-state index in [0.717, 1.165) is 20.5 Å². The zero-order valence-electron chi connectivity index (χ0n) is 11.2. The number of carbonyl (C=O) groups is 1. The number of hydrogen-bond acceptors (Lipinski definition) is 2. The van der Waals surface area contributed by atoms with Crippen LogP contribution < -0.4 is 0 Å². The van der Waals surface area contributed by atoms with Gasteiger partial charge in [-0.2, -0.15) is 0 Å². The molecule has 0 bridgehead atoms. The first kappa shape index (κ1) is 14.3. The molecular weight excluding hydrogens is 322 g/mol. The minimum absolute atomic E-state index is 0.0606. The van der Waals surface area contributed by atoms with Gasteiger partial charge in [0.15, 0.2) is 0 Å². The predicted octanol–water partition coefficient (Wildman–Crippen LogP) is 4.40. The highest BCUT2D eigenvalue weighted by Gasteiger charge is 2.13. The zero-order chi connectivity index (χ0) is 14.0. The second kappa shape index (κ2) is 5.88. The monoisotopic (exact) mass is 337 g/mol. The number of rotatable bonds is 3. The number of hydrogen-bond donors (Lipinski definition) is 0. The average molecular weight is 338 g/mol. The molecule has 0 atom stereocenters. The van der Waals surface area contributed by atoms with Crippen LogP contribution in [0.4, 0.5) is 0 Å². The predicted molar refractivity (Wildman–Crippen MR) is 83.7 cm³/mol. The molecule has 1 heterocycles. The molecule has 0 fully saturated rings. The smallest absolute Gasteiger partial charge is 0.253 e. The Morgan fingerprint density at radius 2 is 2.00 bits per heavy atom. The average Bonchev–Trinajstić information content (AvgIpc) is 2.77. The lowest BCUT2D eigenvalue weighted by Crippen LogP contribution is -2.26. The van der Waals surface area contributed by atoms with Gasteiger partial charge in [-0.05, 0) is 70.0 Å². The van der Waals surface area contributed by atoms with Gasteiger partial charge in [0.1, 0.15) is 0 Å². The molecule has 19 heavy (non-hydrogen) atoms. The van der Waals surface area contributed by atoms with Gasteiger partial charge in [-0.25, -0.2) is 0 Å². The largest absolute Gasteiger partial charge is 0.337 e. The Morgan fingerprint density at radius 3 is 2.58 bits per heavy atom. The number of aryl methyl sites for hydroxylation is 2. The zero-order valence-corrected chi connectivity index (χ0v) is 13.6. The van der Waals surface area contributed by atoms with Crippen molar-refractivity contribution >= 4 is 33.2 Å². The van der Waals surface area contributed by atoms with E-state index < -0.39 is 0 Å². The van der Waals surface area contributed by atoms with Gasteiger partial charge >= 0.3 is 0 Å². The maximum Gasteiger partial charge on any atom is 0.253 e. The van der Waals surface area contributed by atoms with E-state index in [4.69, 9.17) is 0 Å². The van der Waals surface area contributed by atoms with Gasteiger partial charge in [0.2, 0.25) is 0 Å². The van der Waals surface area contributed by atoms with E-state index in [-0.39, 0.29) is 5.91 Å². The van der Waals surface area contributed by atoms with Gasteiger partial charge in [-0.3, -0.25) is 4.79 Å². The Balaban J connectivity index is 2.12. The van der Waals surface area contributed by atoms with Gasteiger partial charge in [0.05, 0.1) is 3.79 Å². The first-order valence-electron chi connectivity index (χ1n) is 6.03. The van der Waals surface area contributed by atoms with Gasteiger partial charge in [-0.15, -0.1) is 11.3 Å². The Kier molecular flexibility index (Phi) is 4.42. The molecule has 1 amide bonds. The molecule has 2 aromatic rings. The molecule has 4 heteroatoms. The van der Waals surface area contributed by atoms with Crippen molar-refractivity contribution in [3.05, 3.63) is 55.7 Å². The number of thiophene rings is 1. The summed E-state index contributed by atoms with van der Waals surface area (Å²) in [6.45, 7) is 4.71. The van der Waals surface area contributed by atoms with E-state index in [2.05, 4.69) is 34.3 Å². The molecule has 0 saturated carbocycles. The molecule has 0 aliphatic rings. The molecule has 0 radical (unpaired) electrons. The highest BCUT2D eigenvalue weighted by Crippen LogP contribution is 2.22. The summed E-state index contributed by atoms with van der Waals surface area (Å²) in [6, 6.07) is 7.90. The molecule has 1 aromatic carbocycles. The fraction of sp³-hybridized carbons (Fsp3) is 0.267. The van der Waals surface area contributed by atoms with Crippen LogP contribution in [0, 0.1) is 13.8 Å². The van der Waals surface area contributed by atoms with Gasteiger partial charge < -0.3 is 4.90 Å². The Bertz CT molecular complexity index is 606. The molecule has 0 aliphatic carbocycles. The number of halogens is 1. The second-order valence-electron chi connectivity index (χ2n) is 4.72. The second-order valence-corrected chi connectivity index (χ2v) is 7.01. The molecule has 0 saturated heterocycles. The van der Waals surface area contributed by atoms with Crippen LogP contribution in [0.3, 0.4) is 0 Å². The van der Waals surface area contributed by atoms with E-state index in [1.165, 1.54) is 5.56 Å². The molecule has 0 N–H and O–H groups in total. The van der Waals surface area contributed by atoms with Crippen LogP contribution in [0.15, 0.2) is 33.4 Å². The summed E-state index contributed by atoms with van der Waals surface area (Å²) in [6.07, 6.45) is 0. The SMILES string of the molecule is Cc1ccc(C(=O)N(C)Cc2csc(Br)c2)cc1C. The highest BCUT2D eigenvalue weighted by molar-refractivity contribution is 9.11. The maximum absolute atomic E-state index is 12.3. The first-order valence-corrected chi connectivity index (χ1v) is 7.70. The lowest BCUT2D eigenvalue weighted by Gasteiger charge is -2.17. The Labute approximate surface area is 126 Å². The third kappa shape index (κ3) is 3.45. The number of benzene rings is 1. The van der Waals surface area contributed by atoms with Crippen LogP contribution in [0.2, 0.25) is 0 Å². The van der Waals surface area contributed by atoms with Crippen LogP contribution >= 0.6 is 27.3 Å². The molecule has 2 rings (SSSR count). The molecule has 0 spiro atoms. The third-order valence-corrected chi connectivity index (χ3v) is 4.70. The van der Waals surface area contributed by atoms with Gasteiger partial charge in [0.25, 0.3) is 5.91 Å². The fourth-order valence-electron chi connectivity index (χ4n) is 1.87. The summed E-state index contributed by atoms with van der Waals surface area (Å²) in [5, 5.41) is 2.06. The summed E-state index contributed by atoms with van der Waals surface area (Å²) in [7, 11) is 1.84. The van der Waals surface area contributed by atoms with Crippen LogP contribution in [-0.4, -0.2) is 17.9 Å². The van der Waals surface area contributed by atoms with Crippen LogP contribution in [-0.2, 0) is 6.54 Å². The van der Waals surface area contributed by atoms with Crippen molar-refractivity contribution in [1.82, 2.24) is 4.90 Å². The van der Waals surface area contributed by atoms with Crippen molar-refractivity contribution in [2.45, 2.75) is 20.4 Å². The van der Waals surface area contributed by atoms with Crippen molar-refractivity contribution < 1.29 is 4.79 Å². The van der Waals surface area contributed by atoms with Crippen LogP contribution in [0.5, 0.6) is 0 Å². The lowest BCUT2D eigenvalue weighted by molar-refractivity contribution is 0.0785. The number of nitrogens with zero attached hydrogens (tertiary/aromatic N) is 1. The molecule has 0 unspecified atom stereocenters. The van der Waals surface area contributed by atoms with Gasteiger partial charge in [0, 0.05) is 19.2 Å². The molecule has 100 valence electrons. The van der Waals surface area contributed by atoms with E-state index in [0.29, 0.717) is 6.54 Å². The summed E-state index contributed by atoms with van der Waals surface area (Å²) in [5.74, 6) is 0.0606. The van der Waals surface area contributed by atoms with E-state index in [1.807, 2.05) is 32.2 Å². The Hall–Kier alpha value is -1.13. The fourth-order valence-corrected chi connectivity index (χ4v) is 3.07. The van der Waals surface area contributed by atoms with Crippen molar-refractivity contribution in [3.8, 4) is 0 Å². The van der Waals surface area contributed by atoms with E-state index in [9.17, 15) is 4.79 Å². The third-order valence-electron chi connectivity index (χ3n) is 3.14. The van der Waals surface area contributed by atoms with E-state index >= 15 is 0 Å². The normalized spacial score (nSPS) is 10.5. The van der Waals surface area contributed by atoms with Crippen molar-refractivity contribution in [2.75, 3.05) is 7.05 Å². The minimum atomic E-state index is 0.0606. The highest BCUT2D eigenvalue weighted by atomic mass is 79.9. The van der Waals surface area contributed by atoms with Crippen LogP contribution in [0.25, 0.3) is 0 Å². The summed E-state index contributed by atoms with van der Waals surface area (Å²) in [5.41, 5.74) is 4.26. The first-order chi connectivity index (χ1) is 8.97. The minimum Gasteiger partial charge on any atom is -0.337 e. The lowest BCUT2D eigenvalue weighted by atomic mass is 10.1. The maximum atomic E-state index is 12.3. The molecule has 0 aliphatic heterocycles. The molecule has 2 nitrogen and oxygen atoms in total. The summed E-state index contributed by atoms with van der Waals surface area (Å²) >= 11 is 5.07. The molecular formula is C15H16BrNOS. The van der Waals surface area contributed by atoms with Crippen molar-refractivity contribution in [1.29, 1.82) is 0 Å². The van der Waals surface area contributed by atoms with Crippen molar-refractivity contribution in [3.63, 3.8) is 0 Å². The van der Waals surface area contributed by atoms with E-state index in [1.54, 1.807) is 16.2 Å². The quantitative estimate of drug-likeness (QED) is 0.812. The number of amides is 1. The standard InChI is InChI=1S/C15H16BrNOS/c1-10-4-5-13(6-11(10)2)15(18)17(3)8-12-7-14(16)19-9-12/h4-7,9H,8H2,1-3H3. The van der Waals surface area contributed by atoms with Gasteiger partial charge in [-0.1, -0.05) is 6.07 Å². The summed E-state index contributed by atoms with van der Waals surface area (Å²) in [4.78, 5) is 14.1. The summed E-state index contributed by atoms with van der Waals surface area (Å²) < 4.78 is 1.09. The Morgan fingerprint density at radius 1 is 1.26 bits per heavy atom.